The number of halogens is 6. The summed E-state index contributed by atoms with van der Waals surface area (Å²) in [6.07, 6.45) is -10.1. The van der Waals surface area contributed by atoms with E-state index < -0.39 is 35.0 Å². The average Bonchev–Trinajstić information content (AvgIpc) is 2.84. The van der Waals surface area contributed by atoms with Crippen LogP contribution in [0.25, 0.3) is 11.3 Å². The number of carbonyl (C=O) groups excluding carboxylic acids is 1. The molecular formula is C23H18F6N4O2. The third kappa shape index (κ3) is 5.88. The normalized spacial score (nSPS) is 14.6. The second-order valence-corrected chi connectivity index (χ2v) is 7.70. The fourth-order valence-electron chi connectivity index (χ4n) is 3.45. The van der Waals surface area contributed by atoms with Crippen molar-refractivity contribution in [3.8, 4) is 11.3 Å². The van der Waals surface area contributed by atoms with Gasteiger partial charge in [0, 0.05) is 29.9 Å². The number of hydrogen-bond acceptors (Lipinski definition) is 5. The Morgan fingerprint density at radius 3 is 1.94 bits per heavy atom. The van der Waals surface area contributed by atoms with Crippen molar-refractivity contribution >= 4 is 17.4 Å². The van der Waals surface area contributed by atoms with Crippen molar-refractivity contribution in [2.24, 2.45) is 0 Å². The Morgan fingerprint density at radius 1 is 0.829 bits per heavy atom. The molecule has 0 spiro atoms. The largest absolute Gasteiger partial charge is 0.416 e. The Kier molecular flexibility index (Phi) is 6.66. The number of carbonyl (C=O) groups is 1. The van der Waals surface area contributed by atoms with Gasteiger partial charge in [-0.05, 0) is 42.5 Å². The molecule has 0 aliphatic carbocycles. The first-order valence-electron chi connectivity index (χ1n) is 10.4. The van der Waals surface area contributed by atoms with E-state index >= 15 is 0 Å². The predicted molar refractivity (Wildman–Crippen MR) is 115 cm³/mol. The molecule has 0 unspecified atom stereocenters. The number of aromatic nitrogens is 2. The lowest BCUT2D eigenvalue weighted by molar-refractivity contribution is -0.143. The minimum Gasteiger partial charge on any atom is -0.378 e. The van der Waals surface area contributed by atoms with Crippen LogP contribution in [-0.4, -0.2) is 42.4 Å². The van der Waals surface area contributed by atoms with Gasteiger partial charge in [-0.1, -0.05) is 12.1 Å². The van der Waals surface area contributed by atoms with Crippen LogP contribution in [0.5, 0.6) is 0 Å². The van der Waals surface area contributed by atoms with Crippen LogP contribution in [0.15, 0.2) is 54.6 Å². The molecule has 2 aromatic carbocycles. The van der Waals surface area contributed by atoms with E-state index in [2.05, 4.69) is 15.5 Å². The number of hydrogen-bond donors (Lipinski definition) is 1. The third-order valence-electron chi connectivity index (χ3n) is 5.27. The van der Waals surface area contributed by atoms with Crippen molar-refractivity contribution in [1.82, 2.24) is 10.2 Å². The molecule has 1 saturated heterocycles. The minimum absolute atomic E-state index is 0.0308. The monoisotopic (exact) mass is 496 g/mol. The third-order valence-corrected chi connectivity index (χ3v) is 5.27. The summed E-state index contributed by atoms with van der Waals surface area (Å²) in [5.74, 6) is -0.399. The van der Waals surface area contributed by atoms with E-state index in [0.717, 1.165) is 0 Å². The first kappa shape index (κ1) is 24.5. The van der Waals surface area contributed by atoms with Crippen LogP contribution in [0.3, 0.4) is 0 Å². The molecule has 3 aromatic rings. The quantitative estimate of drug-likeness (QED) is 0.499. The summed E-state index contributed by atoms with van der Waals surface area (Å²) < 4.78 is 83.6. The van der Waals surface area contributed by atoms with Crippen LogP contribution in [0, 0.1) is 0 Å². The SMILES string of the molecule is O=C(Nc1ccc(-c2ccc(N3CCOCC3)nn2)cc1)c1cc(C(F)(F)F)cc(C(F)(F)F)c1. The Hall–Kier alpha value is -3.67. The maximum Gasteiger partial charge on any atom is 0.416 e. The van der Waals surface area contributed by atoms with Gasteiger partial charge in [-0.25, -0.2) is 0 Å². The molecule has 2 heterocycles. The highest BCUT2D eigenvalue weighted by Gasteiger charge is 2.37. The number of ether oxygens (including phenoxy) is 1. The van der Waals surface area contributed by atoms with Crippen LogP contribution >= 0.6 is 0 Å². The zero-order valence-electron chi connectivity index (χ0n) is 18.0. The zero-order chi connectivity index (χ0) is 25.2. The van der Waals surface area contributed by atoms with E-state index in [1.165, 1.54) is 12.1 Å². The van der Waals surface area contributed by atoms with Crippen LogP contribution in [0.1, 0.15) is 21.5 Å². The summed E-state index contributed by atoms with van der Waals surface area (Å²) in [7, 11) is 0. The number of rotatable bonds is 4. The highest BCUT2D eigenvalue weighted by atomic mass is 19.4. The molecule has 1 aromatic heterocycles. The number of alkyl halides is 6. The van der Waals surface area contributed by atoms with Crippen LogP contribution in [-0.2, 0) is 17.1 Å². The highest BCUT2D eigenvalue weighted by Crippen LogP contribution is 2.36. The average molecular weight is 496 g/mol. The molecule has 1 N–H and O–H groups in total. The molecule has 0 saturated carbocycles. The lowest BCUT2D eigenvalue weighted by Crippen LogP contribution is -2.36. The van der Waals surface area contributed by atoms with Gasteiger partial charge in [-0.2, -0.15) is 26.3 Å². The van der Waals surface area contributed by atoms with E-state index in [0.29, 0.717) is 55.5 Å². The first-order chi connectivity index (χ1) is 16.5. The second kappa shape index (κ2) is 9.53. The lowest BCUT2D eigenvalue weighted by atomic mass is 10.0. The molecule has 184 valence electrons. The number of morpholine rings is 1. The Morgan fingerprint density at radius 2 is 1.43 bits per heavy atom. The van der Waals surface area contributed by atoms with Gasteiger partial charge in [0.1, 0.15) is 0 Å². The van der Waals surface area contributed by atoms with Crippen molar-refractivity contribution in [1.29, 1.82) is 0 Å². The molecule has 6 nitrogen and oxygen atoms in total. The van der Waals surface area contributed by atoms with Crippen molar-refractivity contribution in [3.05, 3.63) is 71.3 Å². The van der Waals surface area contributed by atoms with Gasteiger partial charge in [0.05, 0.1) is 30.0 Å². The van der Waals surface area contributed by atoms with Crippen LogP contribution in [0.4, 0.5) is 37.8 Å². The molecule has 1 fully saturated rings. The van der Waals surface area contributed by atoms with E-state index in [1.807, 2.05) is 11.0 Å². The van der Waals surface area contributed by atoms with Gasteiger partial charge in [0.25, 0.3) is 5.91 Å². The number of amides is 1. The number of anilines is 2. The van der Waals surface area contributed by atoms with E-state index in [9.17, 15) is 31.1 Å². The predicted octanol–water partition coefficient (Wildman–Crippen LogP) is 5.27. The summed E-state index contributed by atoms with van der Waals surface area (Å²) in [4.78, 5) is 14.5. The van der Waals surface area contributed by atoms with Crippen LogP contribution < -0.4 is 10.2 Å². The van der Waals surface area contributed by atoms with Gasteiger partial charge >= 0.3 is 12.4 Å². The van der Waals surface area contributed by atoms with E-state index in [1.54, 1.807) is 18.2 Å². The molecule has 1 aliphatic rings. The standard InChI is InChI=1S/C23H18F6N4O2/c24-22(25,26)16-11-15(12-17(13-16)23(27,28)29)21(34)30-18-3-1-14(2-4-18)19-5-6-20(32-31-19)33-7-9-35-10-8-33/h1-6,11-13H,7-10H2,(H,30,34). The molecule has 0 radical (unpaired) electrons. The Labute approximate surface area is 195 Å². The van der Waals surface area contributed by atoms with Gasteiger partial charge in [0.2, 0.25) is 0 Å². The van der Waals surface area contributed by atoms with Crippen molar-refractivity contribution < 1.29 is 35.9 Å². The van der Waals surface area contributed by atoms with Gasteiger partial charge in [-0.3, -0.25) is 4.79 Å². The van der Waals surface area contributed by atoms with Crippen molar-refractivity contribution in [2.75, 3.05) is 36.5 Å². The molecule has 0 atom stereocenters. The molecule has 35 heavy (non-hydrogen) atoms. The first-order valence-corrected chi connectivity index (χ1v) is 10.4. The molecule has 0 bridgehead atoms. The highest BCUT2D eigenvalue weighted by molar-refractivity contribution is 6.04. The Bertz CT molecular complexity index is 1160. The van der Waals surface area contributed by atoms with Crippen LogP contribution in [0.2, 0.25) is 0 Å². The summed E-state index contributed by atoms with van der Waals surface area (Å²) in [5, 5.41) is 10.7. The van der Waals surface area contributed by atoms with Crippen molar-refractivity contribution in [3.63, 3.8) is 0 Å². The summed E-state index contributed by atoms with van der Waals surface area (Å²) in [6.45, 7) is 2.63. The maximum atomic E-state index is 13.0. The molecular weight excluding hydrogens is 478 g/mol. The lowest BCUT2D eigenvalue weighted by Gasteiger charge is -2.27. The van der Waals surface area contributed by atoms with E-state index in [-0.39, 0.29) is 11.8 Å². The topological polar surface area (TPSA) is 67.4 Å². The summed E-state index contributed by atoms with van der Waals surface area (Å²) >= 11 is 0. The molecule has 1 aliphatic heterocycles. The zero-order valence-corrected chi connectivity index (χ0v) is 18.0. The molecule has 4 rings (SSSR count). The smallest absolute Gasteiger partial charge is 0.378 e. The molecule has 12 heteroatoms. The summed E-state index contributed by atoms with van der Waals surface area (Å²) in [6, 6.07) is 10.4. The van der Waals surface area contributed by atoms with Gasteiger partial charge in [0.15, 0.2) is 5.82 Å². The minimum atomic E-state index is -5.05. The maximum absolute atomic E-state index is 13.0. The number of benzene rings is 2. The Balaban J connectivity index is 1.49. The fourth-order valence-corrected chi connectivity index (χ4v) is 3.45. The van der Waals surface area contributed by atoms with E-state index in [4.69, 9.17) is 4.74 Å². The molecule has 1 amide bonds. The second-order valence-electron chi connectivity index (χ2n) is 7.70. The number of nitrogens with one attached hydrogen (secondary N) is 1. The van der Waals surface area contributed by atoms with Crippen molar-refractivity contribution in [2.45, 2.75) is 12.4 Å². The summed E-state index contributed by atoms with van der Waals surface area (Å²) in [5.41, 5.74) is -2.50. The number of nitrogens with zero attached hydrogens (tertiary/aromatic N) is 3. The van der Waals surface area contributed by atoms with Gasteiger partial charge in [-0.15, -0.1) is 10.2 Å². The van der Waals surface area contributed by atoms with Gasteiger partial charge < -0.3 is 15.0 Å². The fraction of sp³-hybridized carbons (Fsp3) is 0.261.